The minimum absolute atomic E-state index is 0. The Morgan fingerprint density at radius 2 is 2.00 bits per heavy atom. The van der Waals surface area contributed by atoms with Crippen molar-refractivity contribution >= 4 is 34.2 Å². The maximum Gasteiger partial charge on any atom is 0.247 e. The largest absolute Gasteiger partial charge is 0.372 e. The van der Waals surface area contributed by atoms with Crippen LogP contribution in [0.4, 0.5) is 0 Å². The average molecular weight is 392 g/mol. The van der Waals surface area contributed by atoms with E-state index in [-0.39, 0.29) is 30.5 Å². The Balaban J connectivity index is 0.00000242. The molecule has 2 rings (SSSR count). The van der Waals surface area contributed by atoms with Crippen LogP contribution in [0.5, 0.6) is 0 Å². The highest BCUT2D eigenvalue weighted by Gasteiger charge is 2.37. The molecule has 1 amide bonds. The van der Waals surface area contributed by atoms with Gasteiger partial charge in [0.25, 0.3) is 0 Å². The topological polar surface area (TPSA) is 55.6 Å². The first kappa shape index (κ1) is 19.4. The van der Waals surface area contributed by atoms with E-state index in [4.69, 9.17) is 10.5 Å². The van der Waals surface area contributed by atoms with E-state index >= 15 is 0 Å². The summed E-state index contributed by atoms with van der Waals surface area (Å²) in [5.74, 6) is -0.0431. The molecule has 1 aliphatic rings. The number of hydrogen-bond donors (Lipinski definition) is 1. The molecule has 1 heterocycles. The van der Waals surface area contributed by atoms with Crippen LogP contribution in [-0.4, -0.2) is 36.1 Å². The second kappa shape index (κ2) is 7.77. The molecule has 22 heavy (non-hydrogen) atoms. The van der Waals surface area contributed by atoms with E-state index in [1.807, 2.05) is 36.1 Å². The Labute approximate surface area is 146 Å². The first-order valence-corrected chi connectivity index (χ1v) is 8.13. The van der Waals surface area contributed by atoms with E-state index in [0.29, 0.717) is 13.1 Å². The van der Waals surface area contributed by atoms with E-state index in [1.54, 1.807) is 6.92 Å². The van der Waals surface area contributed by atoms with E-state index in [2.05, 4.69) is 22.9 Å². The lowest BCUT2D eigenvalue weighted by atomic mass is 9.91. The third-order valence-electron chi connectivity index (χ3n) is 3.96. The number of hydrogen-bond acceptors (Lipinski definition) is 3. The number of carbonyl (C=O) groups is 1. The van der Waals surface area contributed by atoms with Gasteiger partial charge in [0.15, 0.2) is 0 Å². The molecular weight excluding hydrogens is 368 g/mol. The predicted molar refractivity (Wildman–Crippen MR) is 94.1 cm³/mol. The van der Waals surface area contributed by atoms with Gasteiger partial charge in [-0.2, -0.15) is 0 Å². The summed E-state index contributed by atoms with van der Waals surface area (Å²) in [5.41, 5.74) is 6.15. The van der Waals surface area contributed by atoms with Gasteiger partial charge in [-0.25, -0.2) is 0 Å². The number of nitrogens with zero attached hydrogens (tertiary/aromatic N) is 1. The van der Waals surface area contributed by atoms with Crippen molar-refractivity contribution in [1.29, 1.82) is 0 Å². The zero-order valence-electron chi connectivity index (χ0n) is 13.2. The Morgan fingerprint density at radius 1 is 1.41 bits per heavy atom. The van der Waals surface area contributed by atoms with Crippen LogP contribution in [0.3, 0.4) is 0 Å². The number of benzene rings is 1. The molecule has 1 aromatic rings. The Bertz CT molecular complexity index is 507. The van der Waals surface area contributed by atoms with Gasteiger partial charge in [0.1, 0.15) is 5.54 Å². The maximum atomic E-state index is 12.8. The van der Waals surface area contributed by atoms with Crippen molar-refractivity contribution in [3.63, 3.8) is 0 Å². The first-order valence-electron chi connectivity index (χ1n) is 7.34. The molecule has 4 nitrogen and oxygen atoms in total. The molecule has 1 aromatic carbocycles. The number of amides is 1. The fourth-order valence-corrected chi connectivity index (χ4v) is 2.95. The molecule has 0 bridgehead atoms. The number of halogens is 2. The Kier molecular flexibility index (Phi) is 6.86. The average Bonchev–Trinajstić information content (AvgIpc) is 2.46. The summed E-state index contributed by atoms with van der Waals surface area (Å²) in [7, 11) is 0. The van der Waals surface area contributed by atoms with Crippen LogP contribution in [-0.2, 0) is 15.1 Å². The fourth-order valence-electron chi connectivity index (χ4n) is 2.68. The van der Waals surface area contributed by atoms with Gasteiger partial charge in [-0.1, -0.05) is 35.0 Å². The molecule has 0 saturated carbocycles. The van der Waals surface area contributed by atoms with Crippen molar-refractivity contribution < 1.29 is 9.53 Å². The van der Waals surface area contributed by atoms with E-state index < -0.39 is 5.54 Å². The summed E-state index contributed by atoms with van der Waals surface area (Å²) in [6.45, 7) is 7.05. The van der Waals surface area contributed by atoms with Crippen LogP contribution in [0.2, 0.25) is 0 Å². The highest BCUT2D eigenvalue weighted by Crippen LogP contribution is 2.25. The Hall–Kier alpha value is -0.620. The molecular formula is C16H24BrClN2O2. The summed E-state index contributed by atoms with van der Waals surface area (Å²) < 4.78 is 6.78. The molecule has 6 heteroatoms. The quantitative estimate of drug-likeness (QED) is 0.861. The van der Waals surface area contributed by atoms with E-state index in [9.17, 15) is 4.79 Å². The van der Waals surface area contributed by atoms with E-state index in [0.717, 1.165) is 16.5 Å². The minimum atomic E-state index is -1.02. The van der Waals surface area contributed by atoms with Crippen LogP contribution in [0.1, 0.15) is 32.8 Å². The standard InChI is InChI=1S/C16H23BrN2O2.ClH/c1-4-14-10-19(9-11(2)21-14)15(20)16(3,18)12-5-7-13(17)8-6-12;/h5-8,11,14H,4,9-10,18H2,1-3H3;1H. The van der Waals surface area contributed by atoms with Gasteiger partial charge in [-0.3, -0.25) is 4.79 Å². The monoisotopic (exact) mass is 390 g/mol. The van der Waals surface area contributed by atoms with Crippen molar-refractivity contribution in [2.24, 2.45) is 5.73 Å². The first-order chi connectivity index (χ1) is 9.84. The Morgan fingerprint density at radius 3 is 2.55 bits per heavy atom. The van der Waals surface area contributed by atoms with Gasteiger partial charge in [0.2, 0.25) is 5.91 Å². The molecule has 0 aromatic heterocycles. The summed E-state index contributed by atoms with van der Waals surface area (Å²) in [6, 6.07) is 7.60. The van der Waals surface area contributed by atoms with Gasteiger partial charge in [0, 0.05) is 17.6 Å². The molecule has 3 atom stereocenters. The predicted octanol–water partition coefficient (Wildman–Crippen LogP) is 3.07. The SMILES string of the molecule is CCC1CN(C(=O)C(C)(N)c2ccc(Br)cc2)CC(C)O1.Cl. The van der Waals surface area contributed by atoms with Crippen LogP contribution < -0.4 is 5.73 Å². The lowest BCUT2D eigenvalue weighted by molar-refractivity contribution is -0.149. The van der Waals surface area contributed by atoms with E-state index in [1.165, 1.54) is 0 Å². The van der Waals surface area contributed by atoms with Crippen molar-refractivity contribution in [3.8, 4) is 0 Å². The molecule has 0 radical (unpaired) electrons. The summed E-state index contributed by atoms with van der Waals surface area (Å²) >= 11 is 3.40. The van der Waals surface area contributed by atoms with Crippen LogP contribution in [0.15, 0.2) is 28.7 Å². The highest BCUT2D eigenvalue weighted by atomic mass is 79.9. The summed E-state index contributed by atoms with van der Waals surface area (Å²) in [5, 5.41) is 0. The van der Waals surface area contributed by atoms with Gasteiger partial charge in [-0.15, -0.1) is 12.4 Å². The molecule has 0 spiro atoms. The molecule has 1 aliphatic heterocycles. The zero-order chi connectivity index (χ0) is 15.6. The smallest absolute Gasteiger partial charge is 0.247 e. The number of ether oxygens (including phenoxy) is 1. The molecule has 1 fully saturated rings. The maximum absolute atomic E-state index is 12.8. The van der Waals surface area contributed by atoms with Crippen LogP contribution >= 0.6 is 28.3 Å². The summed E-state index contributed by atoms with van der Waals surface area (Å²) in [4.78, 5) is 14.7. The lowest BCUT2D eigenvalue weighted by Gasteiger charge is -2.40. The second-order valence-electron chi connectivity index (χ2n) is 5.90. The van der Waals surface area contributed by atoms with Gasteiger partial charge >= 0.3 is 0 Å². The number of rotatable bonds is 3. The molecule has 3 unspecified atom stereocenters. The van der Waals surface area contributed by atoms with Gasteiger partial charge < -0.3 is 15.4 Å². The third-order valence-corrected chi connectivity index (χ3v) is 4.49. The molecule has 0 aliphatic carbocycles. The van der Waals surface area contributed by atoms with Gasteiger partial charge in [0.05, 0.1) is 12.2 Å². The number of morpholine rings is 1. The summed E-state index contributed by atoms with van der Waals surface area (Å²) in [6.07, 6.45) is 1.04. The zero-order valence-corrected chi connectivity index (χ0v) is 15.6. The number of carbonyl (C=O) groups excluding carboxylic acids is 1. The van der Waals surface area contributed by atoms with Crippen molar-refractivity contribution in [1.82, 2.24) is 4.90 Å². The van der Waals surface area contributed by atoms with Crippen LogP contribution in [0.25, 0.3) is 0 Å². The third kappa shape index (κ3) is 4.22. The van der Waals surface area contributed by atoms with Crippen molar-refractivity contribution in [3.05, 3.63) is 34.3 Å². The van der Waals surface area contributed by atoms with Crippen molar-refractivity contribution in [2.75, 3.05) is 13.1 Å². The van der Waals surface area contributed by atoms with Crippen LogP contribution in [0, 0.1) is 0 Å². The number of nitrogens with two attached hydrogens (primary N) is 1. The van der Waals surface area contributed by atoms with Gasteiger partial charge in [-0.05, 0) is 38.0 Å². The second-order valence-corrected chi connectivity index (χ2v) is 6.81. The lowest BCUT2D eigenvalue weighted by Crippen LogP contribution is -2.57. The van der Waals surface area contributed by atoms with Crippen molar-refractivity contribution in [2.45, 2.75) is 44.9 Å². The highest BCUT2D eigenvalue weighted by molar-refractivity contribution is 9.10. The molecule has 124 valence electrons. The normalized spacial score (nSPS) is 24.3. The minimum Gasteiger partial charge on any atom is -0.372 e. The fraction of sp³-hybridized carbons (Fsp3) is 0.562. The molecule has 2 N–H and O–H groups in total. The molecule has 1 saturated heterocycles.